The molecule has 1 aromatic rings. The predicted molar refractivity (Wildman–Crippen MR) is 50.6 cm³/mol. The lowest BCUT2D eigenvalue weighted by Crippen LogP contribution is -2.16. The number of benzene rings is 1. The lowest BCUT2D eigenvalue weighted by atomic mass is 10.0. The number of alkyl halides is 4. The molecule has 0 aliphatic rings. The van der Waals surface area contributed by atoms with Gasteiger partial charge in [0.15, 0.2) is 5.38 Å². The molecule has 1 rings (SSSR count). The summed E-state index contributed by atoms with van der Waals surface area (Å²) in [7, 11) is 0. The van der Waals surface area contributed by atoms with Gasteiger partial charge in [-0.3, -0.25) is 0 Å². The molecule has 0 saturated heterocycles. The van der Waals surface area contributed by atoms with Crippen LogP contribution in [0.1, 0.15) is 22.1 Å². The van der Waals surface area contributed by atoms with Crippen molar-refractivity contribution in [3.8, 4) is 0 Å². The van der Waals surface area contributed by atoms with Crippen molar-refractivity contribution in [3.05, 3.63) is 34.9 Å². The van der Waals surface area contributed by atoms with E-state index in [0.717, 1.165) is 5.56 Å². The normalized spacial score (nSPS) is 14.1. The molecule has 0 aromatic heterocycles. The van der Waals surface area contributed by atoms with Crippen LogP contribution in [-0.4, -0.2) is 6.18 Å². The molecule has 0 saturated carbocycles. The van der Waals surface area contributed by atoms with Crippen LogP contribution in [0.4, 0.5) is 13.2 Å². The molecule has 78 valence electrons. The summed E-state index contributed by atoms with van der Waals surface area (Å²) >= 11 is 5.33. The Labute approximate surface area is 85.7 Å². The van der Waals surface area contributed by atoms with Gasteiger partial charge in [0.05, 0.1) is 0 Å². The van der Waals surface area contributed by atoms with E-state index in [1.807, 2.05) is 0 Å². The first-order chi connectivity index (χ1) is 6.32. The smallest absolute Gasteiger partial charge is 0.169 e. The van der Waals surface area contributed by atoms with Gasteiger partial charge < -0.3 is 0 Å². The highest BCUT2D eigenvalue weighted by molar-refractivity contribution is 6.21. The van der Waals surface area contributed by atoms with E-state index >= 15 is 0 Å². The molecule has 0 N–H and O–H groups in total. The predicted octanol–water partition coefficient (Wildman–Crippen LogP) is 4.15. The summed E-state index contributed by atoms with van der Waals surface area (Å²) in [4.78, 5) is 0. The quantitative estimate of drug-likeness (QED) is 0.627. The monoisotopic (exact) mass is 222 g/mol. The lowest BCUT2D eigenvalue weighted by Gasteiger charge is -2.16. The van der Waals surface area contributed by atoms with Gasteiger partial charge in [0.25, 0.3) is 0 Å². The van der Waals surface area contributed by atoms with E-state index in [4.69, 9.17) is 11.6 Å². The fraction of sp³-hybridized carbons (Fsp3) is 0.400. The van der Waals surface area contributed by atoms with Crippen molar-refractivity contribution < 1.29 is 13.2 Å². The van der Waals surface area contributed by atoms with E-state index in [1.165, 1.54) is 6.07 Å². The van der Waals surface area contributed by atoms with Crippen LogP contribution < -0.4 is 0 Å². The number of halogens is 4. The zero-order valence-electron chi connectivity index (χ0n) is 7.82. The highest BCUT2D eigenvalue weighted by Crippen LogP contribution is 2.39. The molecule has 0 spiro atoms. The molecule has 0 aliphatic carbocycles. The van der Waals surface area contributed by atoms with Crippen molar-refractivity contribution in [1.82, 2.24) is 0 Å². The molecule has 0 bridgehead atoms. The second-order valence-corrected chi connectivity index (χ2v) is 3.70. The molecule has 1 unspecified atom stereocenters. The summed E-state index contributed by atoms with van der Waals surface area (Å²) in [6.45, 7) is 3.36. The summed E-state index contributed by atoms with van der Waals surface area (Å²) in [5, 5.41) is -1.91. The van der Waals surface area contributed by atoms with Crippen LogP contribution in [0.5, 0.6) is 0 Å². The van der Waals surface area contributed by atoms with Crippen molar-refractivity contribution >= 4 is 11.6 Å². The minimum Gasteiger partial charge on any atom is -0.169 e. The molecular formula is C10H10ClF3. The Morgan fingerprint density at radius 2 is 1.79 bits per heavy atom. The van der Waals surface area contributed by atoms with Crippen LogP contribution in [0.3, 0.4) is 0 Å². The van der Waals surface area contributed by atoms with Gasteiger partial charge in [-0.15, -0.1) is 11.6 Å². The van der Waals surface area contributed by atoms with E-state index in [9.17, 15) is 13.2 Å². The number of rotatable bonds is 1. The Hall–Kier alpha value is -0.700. The standard InChI is InChI=1S/C10H10ClF3/c1-6-3-4-7(2)8(5-6)9(11)10(12,13)14/h3-5,9H,1-2H3. The van der Waals surface area contributed by atoms with E-state index in [2.05, 4.69) is 0 Å². The van der Waals surface area contributed by atoms with Crippen LogP contribution in [0, 0.1) is 13.8 Å². The second-order valence-electron chi connectivity index (χ2n) is 3.26. The first-order valence-electron chi connectivity index (χ1n) is 4.10. The highest BCUT2D eigenvalue weighted by atomic mass is 35.5. The minimum absolute atomic E-state index is 0.138. The second kappa shape index (κ2) is 3.81. The molecule has 14 heavy (non-hydrogen) atoms. The Bertz CT molecular complexity index is 331. The van der Waals surface area contributed by atoms with Crippen LogP contribution in [0.2, 0.25) is 0 Å². The topological polar surface area (TPSA) is 0 Å². The summed E-state index contributed by atoms with van der Waals surface area (Å²) in [5.74, 6) is 0. The maximum Gasteiger partial charge on any atom is 0.408 e. The van der Waals surface area contributed by atoms with Crippen molar-refractivity contribution in [2.75, 3.05) is 0 Å². The zero-order chi connectivity index (χ0) is 10.9. The first-order valence-corrected chi connectivity index (χ1v) is 4.54. The van der Waals surface area contributed by atoms with Gasteiger partial charge in [0.1, 0.15) is 0 Å². The molecule has 4 heteroatoms. The molecule has 0 fully saturated rings. The average molecular weight is 223 g/mol. The van der Waals surface area contributed by atoms with Gasteiger partial charge in [-0.25, -0.2) is 0 Å². The molecule has 0 heterocycles. The summed E-state index contributed by atoms with van der Waals surface area (Å²) in [5.41, 5.74) is 1.48. The largest absolute Gasteiger partial charge is 0.408 e. The average Bonchev–Trinajstić information content (AvgIpc) is 2.06. The Kier molecular flexibility index (Phi) is 3.10. The van der Waals surface area contributed by atoms with Gasteiger partial charge in [-0.05, 0) is 25.0 Å². The Morgan fingerprint density at radius 1 is 1.21 bits per heavy atom. The molecular weight excluding hydrogens is 213 g/mol. The van der Waals surface area contributed by atoms with Gasteiger partial charge in [0, 0.05) is 0 Å². The minimum atomic E-state index is -4.39. The third-order valence-electron chi connectivity index (χ3n) is 2.00. The zero-order valence-corrected chi connectivity index (χ0v) is 8.58. The van der Waals surface area contributed by atoms with Crippen molar-refractivity contribution in [2.45, 2.75) is 25.4 Å². The maximum absolute atomic E-state index is 12.3. The molecule has 1 atom stereocenters. The van der Waals surface area contributed by atoms with Crippen LogP contribution in [-0.2, 0) is 0 Å². The lowest BCUT2D eigenvalue weighted by molar-refractivity contribution is -0.131. The third-order valence-corrected chi connectivity index (χ3v) is 2.48. The van der Waals surface area contributed by atoms with Gasteiger partial charge in [-0.2, -0.15) is 13.2 Å². The van der Waals surface area contributed by atoms with Crippen LogP contribution in [0.25, 0.3) is 0 Å². The first kappa shape index (κ1) is 11.4. The third kappa shape index (κ3) is 2.41. The molecule has 0 amide bonds. The number of hydrogen-bond acceptors (Lipinski definition) is 0. The van der Waals surface area contributed by atoms with Crippen molar-refractivity contribution in [1.29, 1.82) is 0 Å². The fourth-order valence-corrected chi connectivity index (χ4v) is 1.44. The Morgan fingerprint density at radius 3 is 2.29 bits per heavy atom. The Balaban J connectivity index is 3.12. The molecule has 0 radical (unpaired) electrons. The maximum atomic E-state index is 12.3. The van der Waals surface area contributed by atoms with E-state index in [-0.39, 0.29) is 5.56 Å². The van der Waals surface area contributed by atoms with E-state index in [1.54, 1.807) is 26.0 Å². The fourth-order valence-electron chi connectivity index (χ4n) is 1.21. The van der Waals surface area contributed by atoms with Crippen molar-refractivity contribution in [2.24, 2.45) is 0 Å². The van der Waals surface area contributed by atoms with Gasteiger partial charge in [0.2, 0.25) is 0 Å². The highest BCUT2D eigenvalue weighted by Gasteiger charge is 2.39. The number of aryl methyl sites for hydroxylation is 2. The molecule has 0 aliphatic heterocycles. The number of hydrogen-bond donors (Lipinski definition) is 0. The molecule has 0 nitrogen and oxygen atoms in total. The molecule has 1 aromatic carbocycles. The SMILES string of the molecule is Cc1ccc(C)c(C(Cl)C(F)(F)F)c1. The van der Waals surface area contributed by atoms with Crippen LogP contribution >= 0.6 is 11.6 Å². The van der Waals surface area contributed by atoms with Gasteiger partial charge in [-0.1, -0.05) is 23.8 Å². The van der Waals surface area contributed by atoms with E-state index in [0.29, 0.717) is 5.56 Å². The van der Waals surface area contributed by atoms with E-state index < -0.39 is 11.6 Å². The van der Waals surface area contributed by atoms with Crippen molar-refractivity contribution in [3.63, 3.8) is 0 Å². The van der Waals surface area contributed by atoms with Crippen LogP contribution in [0.15, 0.2) is 18.2 Å². The van der Waals surface area contributed by atoms with Gasteiger partial charge >= 0.3 is 6.18 Å². The summed E-state index contributed by atoms with van der Waals surface area (Å²) in [6, 6.07) is 4.88. The summed E-state index contributed by atoms with van der Waals surface area (Å²) in [6.07, 6.45) is -4.39. The summed E-state index contributed by atoms with van der Waals surface area (Å²) < 4.78 is 36.9.